The van der Waals surface area contributed by atoms with Crippen LogP contribution in [0.1, 0.15) is 31.4 Å². The lowest BCUT2D eigenvalue weighted by Crippen LogP contribution is -2.14. The zero-order valence-electron chi connectivity index (χ0n) is 11.8. The fourth-order valence-electron chi connectivity index (χ4n) is 2.07. The first-order valence-corrected chi connectivity index (χ1v) is 6.67. The van der Waals surface area contributed by atoms with Crippen molar-refractivity contribution in [3.05, 3.63) is 41.6 Å². The molecule has 0 atom stereocenters. The van der Waals surface area contributed by atoms with Gasteiger partial charge in [0.1, 0.15) is 5.69 Å². The number of nitrogens with zero attached hydrogens (tertiary/aromatic N) is 1. The summed E-state index contributed by atoms with van der Waals surface area (Å²) >= 11 is 0. The van der Waals surface area contributed by atoms with Crippen LogP contribution in [0.25, 0.3) is 10.9 Å². The van der Waals surface area contributed by atoms with Gasteiger partial charge in [0.2, 0.25) is 0 Å². The number of hydrogen-bond acceptors (Lipinski definition) is 3. The van der Waals surface area contributed by atoms with Crippen molar-refractivity contribution in [1.82, 2.24) is 4.98 Å². The Hall–Kier alpha value is -1.66. The summed E-state index contributed by atoms with van der Waals surface area (Å²) in [6.45, 7) is 4.20. The third-order valence-corrected chi connectivity index (χ3v) is 2.93. The molecule has 0 amide bonds. The summed E-state index contributed by atoms with van der Waals surface area (Å²) in [5.74, 6) is 0. The molecule has 0 aliphatic carbocycles. The highest BCUT2D eigenvalue weighted by Crippen LogP contribution is 2.34. The van der Waals surface area contributed by atoms with E-state index in [0.29, 0.717) is 24.2 Å². The molecule has 0 saturated carbocycles. The van der Waals surface area contributed by atoms with Crippen LogP contribution in [0.4, 0.5) is 13.2 Å². The van der Waals surface area contributed by atoms with E-state index in [2.05, 4.69) is 4.98 Å². The molecule has 0 spiro atoms. The van der Waals surface area contributed by atoms with Gasteiger partial charge >= 0.3 is 6.18 Å². The maximum atomic E-state index is 13.0. The first kappa shape index (κ1) is 15.7. The number of hydrogen-bond donors (Lipinski definition) is 0. The van der Waals surface area contributed by atoms with Gasteiger partial charge in [0.15, 0.2) is 6.29 Å². The Bertz CT molecular complexity index is 607. The molecule has 114 valence electrons. The molecule has 0 bridgehead atoms. The van der Waals surface area contributed by atoms with Crippen LogP contribution in [0.2, 0.25) is 0 Å². The van der Waals surface area contributed by atoms with Crippen molar-refractivity contribution < 1.29 is 22.6 Å². The van der Waals surface area contributed by atoms with Crippen molar-refractivity contribution >= 4 is 10.9 Å². The predicted molar refractivity (Wildman–Crippen MR) is 72.7 cm³/mol. The highest BCUT2D eigenvalue weighted by molar-refractivity contribution is 5.82. The summed E-state index contributed by atoms with van der Waals surface area (Å²) in [7, 11) is 0. The first-order valence-electron chi connectivity index (χ1n) is 6.67. The third kappa shape index (κ3) is 3.51. The Kier molecular flexibility index (Phi) is 4.80. The minimum absolute atomic E-state index is 0.270. The van der Waals surface area contributed by atoms with E-state index in [1.807, 2.05) is 0 Å². The monoisotopic (exact) mass is 299 g/mol. The number of pyridine rings is 1. The quantitative estimate of drug-likeness (QED) is 0.770. The van der Waals surface area contributed by atoms with E-state index >= 15 is 0 Å². The molecule has 2 aromatic rings. The number of para-hydroxylation sites is 1. The summed E-state index contributed by atoms with van der Waals surface area (Å²) in [5, 5.41) is 0.595. The summed E-state index contributed by atoms with van der Waals surface area (Å²) in [6.07, 6.45) is -5.35. The number of fused-ring (bicyclic) bond motifs is 1. The van der Waals surface area contributed by atoms with Crippen molar-refractivity contribution in [3.63, 3.8) is 0 Å². The number of aromatic nitrogens is 1. The molecule has 3 nitrogen and oxygen atoms in total. The van der Waals surface area contributed by atoms with Gasteiger partial charge in [-0.1, -0.05) is 18.2 Å². The molecule has 0 N–H and O–H groups in total. The maximum absolute atomic E-state index is 13.0. The Morgan fingerprint density at radius 2 is 1.71 bits per heavy atom. The fraction of sp³-hybridized carbons (Fsp3) is 0.400. The van der Waals surface area contributed by atoms with Gasteiger partial charge in [0.25, 0.3) is 0 Å². The van der Waals surface area contributed by atoms with E-state index in [1.54, 1.807) is 38.1 Å². The molecule has 0 saturated heterocycles. The Balaban J connectivity index is 2.63. The second kappa shape index (κ2) is 6.41. The molecule has 21 heavy (non-hydrogen) atoms. The van der Waals surface area contributed by atoms with Crippen LogP contribution in [-0.4, -0.2) is 18.2 Å². The van der Waals surface area contributed by atoms with Crippen LogP contribution in [0, 0.1) is 0 Å². The Labute approximate surface area is 120 Å². The van der Waals surface area contributed by atoms with E-state index in [9.17, 15) is 13.2 Å². The number of benzene rings is 1. The van der Waals surface area contributed by atoms with E-state index in [0.717, 1.165) is 6.07 Å². The molecule has 0 aliphatic rings. The maximum Gasteiger partial charge on any atom is 0.433 e. The lowest BCUT2D eigenvalue weighted by Gasteiger charge is -2.20. The average Bonchev–Trinajstić information content (AvgIpc) is 2.45. The van der Waals surface area contributed by atoms with Crippen LogP contribution in [0.3, 0.4) is 0 Å². The largest absolute Gasteiger partial charge is 0.433 e. The molecule has 0 unspecified atom stereocenters. The molecule has 1 heterocycles. The summed E-state index contributed by atoms with van der Waals surface area (Å²) in [6, 6.07) is 7.65. The van der Waals surface area contributed by atoms with Crippen molar-refractivity contribution in [2.24, 2.45) is 0 Å². The lowest BCUT2D eigenvalue weighted by molar-refractivity contribution is -0.145. The predicted octanol–water partition coefficient (Wildman–Crippen LogP) is 4.33. The van der Waals surface area contributed by atoms with Crippen LogP contribution in [0.15, 0.2) is 30.3 Å². The summed E-state index contributed by atoms with van der Waals surface area (Å²) in [4.78, 5) is 3.67. The average molecular weight is 299 g/mol. The van der Waals surface area contributed by atoms with E-state index in [1.165, 1.54) is 0 Å². The van der Waals surface area contributed by atoms with Crippen LogP contribution < -0.4 is 0 Å². The van der Waals surface area contributed by atoms with Crippen LogP contribution in [-0.2, 0) is 15.7 Å². The van der Waals surface area contributed by atoms with Crippen molar-refractivity contribution in [1.29, 1.82) is 0 Å². The lowest BCUT2D eigenvalue weighted by atomic mass is 10.1. The smallest absolute Gasteiger partial charge is 0.349 e. The number of ether oxygens (including phenoxy) is 2. The van der Waals surface area contributed by atoms with Gasteiger partial charge in [0, 0.05) is 24.2 Å². The molecule has 1 aromatic heterocycles. The van der Waals surface area contributed by atoms with Crippen molar-refractivity contribution in [2.45, 2.75) is 26.3 Å². The summed E-state index contributed by atoms with van der Waals surface area (Å²) in [5.41, 5.74) is -0.330. The fourth-order valence-corrected chi connectivity index (χ4v) is 2.07. The van der Waals surface area contributed by atoms with Gasteiger partial charge < -0.3 is 9.47 Å². The topological polar surface area (TPSA) is 31.4 Å². The molecule has 0 aliphatic heterocycles. The van der Waals surface area contributed by atoms with Crippen LogP contribution >= 0.6 is 0 Å². The number of rotatable bonds is 5. The minimum atomic E-state index is -4.51. The minimum Gasteiger partial charge on any atom is -0.349 e. The van der Waals surface area contributed by atoms with E-state index in [-0.39, 0.29) is 5.52 Å². The normalized spacial score (nSPS) is 12.3. The Morgan fingerprint density at radius 1 is 1.10 bits per heavy atom. The molecular formula is C15H16F3NO2. The van der Waals surface area contributed by atoms with Gasteiger partial charge in [-0.3, -0.25) is 0 Å². The molecule has 6 heteroatoms. The van der Waals surface area contributed by atoms with Crippen LogP contribution in [0.5, 0.6) is 0 Å². The highest BCUT2D eigenvalue weighted by atomic mass is 19.4. The van der Waals surface area contributed by atoms with Gasteiger partial charge in [0.05, 0.1) is 5.52 Å². The van der Waals surface area contributed by atoms with Gasteiger partial charge in [-0.05, 0) is 26.0 Å². The highest BCUT2D eigenvalue weighted by Gasteiger charge is 2.34. The molecule has 0 radical (unpaired) electrons. The van der Waals surface area contributed by atoms with E-state index in [4.69, 9.17) is 9.47 Å². The van der Waals surface area contributed by atoms with Gasteiger partial charge in [-0.15, -0.1) is 0 Å². The standard InChI is InChI=1S/C15H16F3NO2/c1-3-20-14(21-4-2)11-9-13(15(16,17)18)19-12-8-6-5-7-10(11)12/h5-9,14H,3-4H2,1-2H3. The zero-order chi connectivity index (χ0) is 15.5. The van der Waals surface area contributed by atoms with Crippen molar-refractivity contribution in [2.75, 3.05) is 13.2 Å². The number of alkyl halides is 3. The zero-order valence-corrected chi connectivity index (χ0v) is 11.8. The molecule has 0 fully saturated rings. The Morgan fingerprint density at radius 3 is 2.29 bits per heavy atom. The second-order valence-corrected chi connectivity index (χ2v) is 4.35. The van der Waals surface area contributed by atoms with E-state index < -0.39 is 18.2 Å². The summed E-state index contributed by atoms with van der Waals surface area (Å²) < 4.78 is 49.8. The molecule has 1 aromatic carbocycles. The first-order chi connectivity index (χ1) is 9.97. The third-order valence-electron chi connectivity index (χ3n) is 2.93. The second-order valence-electron chi connectivity index (χ2n) is 4.35. The molecular weight excluding hydrogens is 283 g/mol. The number of halogens is 3. The van der Waals surface area contributed by atoms with Crippen molar-refractivity contribution in [3.8, 4) is 0 Å². The van der Waals surface area contributed by atoms with Gasteiger partial charge in [-0.25, -0.2) is 4.98 Å². The SMILES string of the molecule is CCOC(OCC)c1cc(C(F)(F)F)nc2ccccc12. The molecule has 2 rings (SSSR count). The van der Waals surface area contributed by atoms with Gasteiger partial charge in [-0.2, -0.15) is 13.2 Å².